The summed E-state index contributed by atoms with van der Waals surface area (Å²) < 4.78 is 1.10. The largest absolute Gasteiger partial charge is 0.323 e. The molecule has 0 aliphatic carbocycles. The second kappa shape index (κ2) is 6.84. The zero-order valence-electron chi connectivity index (χ0n) is 10.2. The van der Waals surface area contributed by atoms with Gasteiger partial charge in [-0.1, -0.05) is 0 Å². The van der Waals surface area contributed by atoms with Crippen LogP contribution in [0.4, 0.5) is 10.7 Å². The molecule has 5 nitrogen and oxygen atoms in total. The van der Waals surface area contributed by atoms with E-state index in [4.69, 9.17) is 10.4 Å². The second-order valence-corrected chi connectivity index (χ2v) is 6.13. The lowest BCUT2D eigenvalue weighted by molar-refractivity contribution is -0.111. The van der Waals surface area contributed by atoms with E-state index in [1.165, 1.54) is 6.08 Å². The Morgan fingerprint density at radius 1 is 1.20 bits per heavy atom. The molecular weight excluding hydrogens is 391 g/mol. The van der Waals surface area contributed by atoms with Crippen molar-refractivity contribution in [3.8, 4) is 0 Å². The van der Waals surface area contributed by atoms with E-state index >= 15 is 0 Å². The molecule has 0 unspecified atom stereocenters. The highest BCUT2D eigenvalue weighted by Gasteiger charge is 2.03. The Labute approximate surface area is 133 Å². The molecule has 0 aliphatic heterocycles. The van der Waals surface area contributed by atoms with Crippen molar-refractivity contribution in [1.82, 2.24) is 0 Å². The molecule has 104 valence electrons. The molecule has 0 aliphatic rings. The van der Waals surface area contributed by atoms with Crippen molar-refractivity contribution >= 4 is 56.6 Å². The molecule has 0 atom stereocenters. The van der Waals surface area contributed by atoms with E-state index in [1.807, 2.05) is 24.3 Å². The molecule has 20 heavy (non-hydrogen) atoms. The first-order valence-electron chi connectivity index (χ1n) is 5.57. The minimum atomic E-state index is -0.244. The highest BCUT2D eigenvalue weighted by atomic mass is 127. The number of benzene rings is 1. The molecule has 0 fully saturated rings. The van der Waals surface area contributed by atoms with Crippen molar-refractivity contribution in [2.24, 2.45) is 0 Å². The summed E-state index contributed by atoms with van der Waals surface area (Å²) in [6.45, 7) is 0. The molecule has 0 radical (unpaired) electrons. The van der Waals surface area contributed by atoms with Crippen LogP contribution in [0.5, 0.6) is 0 Å². The van der Waals surface area contributed by atoms with Gasteiger partial charge in [-0.2, -0.15) is 0 Å². The Morgan fingerprint density at radius 3 is 2.50 bits per heavy atom. The van der Waals surface area contributed by atoms with Gasteiger partial charge >= 0.3 is 0 Å². The standard InChI is InChI=1S/C13H11IN2O3S/c14-9-1-3-10(4-2-9)15-12(17)7-5-11-6-8-13(20-11)16(18)19/h1-8,18-19H,(H,15,17)/b7-5+. The predicted octanol–water partition coefficient (Wildman–Crippen LogP) is 3.59. The first kappa shape index (κ1) is 15.0. The fourth-order valence-corrected chi connectivity index (χ4v) is 2.51. The van der Waals surface area contributed by atoms with Crippen LogP contribution in [0.3, 0.4) is 0 Å². The maximum absolute atomic E-state index is 11.7. The van der Waals surface area contributed by atoms with Gasteiger partial charge < -0.3 is 5.32 Å². The number of hydrogen-bond acceptors (Lipinski definition) is 5. The SMILES string of the molecule is O=C(/C=C/c1ccc(N(O)O)s1)Nc1ccc(I)cc1. The minimum Gasteiger partial charge on any atom is -0.323 e. The lowest BCUT2D eigenvalue weighted by atomic mass is 10.3. The van der Waals surface area contributed by atoms with Gasteiger partial charge in [0.05, 0.1) is 0 Å². The molecule has 0 saturated heterocycles. The smallest absolute Gasteiger partial charge is 0.248 e. The minimum absolute atomic E-state index is 0.0493. The molecule has 2 rings (SSSR count). The molecule has 1 aromatic heterocycles. The van der Waals surface area contributed by atoms with Gasteiger partial charge in [0.1, 0.15) is 5.00 Å². The van der Waals surface area contributed by atoms with E-state index in [0.717, 1.165) is 25.5 Å². The number of anilines is 2. The number of carbonyl (C=O) groups excluding carboxylic acids is 1. The van der Waals surface area contributed by atoms with Crippen molar-refractivity contribution in [2.75, 3.05) is 10.5 Å². The van der Waals surface area contributed by atoms with Crippen LogP contribution >= 0.6 is 33.9 Å². The summed E-state index contributed by atoms with van der Waals surface area (Å²) in [6, 6.07) is 10.7. The monoisotopic (exact) mass is 402 g/mol. The third kappa shape index (κ3) is 4.30. The lowest BCUT2D eigenvalue weighted by Gasteiger charge is -2.02. The third-order valence-corrected chi connectivity index (χ3v) is 4.06. The molecular formula is C13H11IN2O3S. The Kier molecular flexibility index (Phi) is 5.12. The zero-order valence-corrected chi connectivity index (χ0v) is 13.1. The Balaban J connectivity index is 1.96. The van der Waals surface area contributed by atoms with Crippen LogP contribution in [-0.2, 0) is 4.79 Å². The number of nitrogens with one attached hydrogen (secondary N) is 1. The average Bonchev–Trinajstić information content (AvgIpc) is 2.88. The summed E-state index contributed by atoms with van der Waals surface area (Å²) >= 11 is 3.34. The number of amides is 1. The van der Waals surface area contributed by atoms with E-state index in [-0.39, 0.29) is 16.1 Å². The van der Waals surface area contributed by atoms with Crippen LogP contribution < -0.4 is 10.5 Å². The van der Waals surface area contributed by atoms with Crippen molar-refractivity contribution < 1.29 is 15.2 Å². The van der Waals surface area contributed by atoms with Crippen LogP contribution in [0.15, 0.2) is 42.5 Å². The second-order valence-electron chi connectivity index (χ2n) is 3.79. The number of thiophene rings is 1. The first-order valence-corrected chi connectivity index (χ1v) is 7.46. The summed E-state index contributed by atoms with van der Waals surface area (Å²) in [6.07, 6.45) is 3.01. The molecule has 1 amide bonds. The van der Waals surface area contributed by atoms with Crippen LogP contribution in [-0.4, -0.2) is 16.3 Å². The van der Waals surface area contributed by atoms with Crippen molar-refractivity contribution in [3.63, 3.8) is 0 Å². The summed E-state index contributed by atoms with van der Waals surface area (Å²) in [5, 5.41) is 20.7. The van der Waals surface area contributed by atoms with Gasteiger partial charge in [-0.15, -0.1) is 16.6 Å². The van der Waals surface area contributed by atoms with E-state index in [9.17, 15) is 4.79 Å². The molecule has 7 heteroatoms. The highest BCUT2D eigenvalue weighted by molar-refractivity contribution is 14.1. The molecule has 0 saturated carbocycles. The maximum atomic E-state index is 11.7. The van der Waals surface area contributed by atoms with Gasteiger partial charge in [-0.05, 0) is 65.1 Å². The molecule has 1 heterocycles. The van der Waals surface area contributed by atoms with Crippen molar-refractivity contribution in [2.45, 2.75) is 0 Å². The van der Waals surface area contributed by atoms with E-state index in [2.05, 4.69) is 27.9 Å². The number of carbonyl (C=O) groups is 1. The van der Waals surface area contributed by atoms with Gasteiger partial charge in [0.25, 0.3) is 0 Å². The number of nitrogens with zero attached hydrogens (tertiary/aromatic N) is 1. The Bertz CT molecular complexity index is 623. The van der Waals surface area contributed by atoms with Gasteiger partial charge in [-0.3, -0.25) is 15.2 Å². The van der Waals surface area contributed by atoms with E-state index < -0.39 is 0 Å². The topological polar surface area (TPSA) is 72.8 Å². The molecule has 2 aromatic rings. The first-order chi connectivity index (χ1) is 9.54. The van der Waals surface area contributed by atoms with Crippen LogP contribution in [0.1, 0.15) is 4.88 Å². The zero-order chi connectivity index (χ0) is 14.5. The van der Waals surface area contributed by atoms with Gasteiger partial charge in [0, 0.05) is 20.2 Å². The normalized spacial score (nSPS) is 10.8. The fraction of sp³-hybridized carbons (Fsp3) is 0. The van der Waals surface area contributed by atoms with Gasteiger partial charge in [-0.25, -0.2) is 0 Å². The van der Waals surface area contributed by atoms with Crippen LogP contribution in [0.25, 0.3) is 6.08 Å². The molecule has 1 aromatic carbocycles. The fourth-order valence-electron chi connectivity index (χ4n) is 1.41. The van der Waals surface area contributed by atoms with Crippen LogP contribution in [0.2, 0.25) is 0 Å². The quantitative estimate of drug-likeness (QED) is 0.415. The van der Waals surface area contributed by atoms with Crippen molar-refractivity contribution in [3.05, 3.63) is 50.9 Å². The summed E-state index contributed by atoms with van der Waals surface area (Å²) in [5.74, 6) is -0.244. The van der Waals surface area contributed by atoms with E-state index in [1.54, 1.807) is 18.2 Å². The Morgan fingerprint density at radius 2 is 1.90 bits per heavy atom. The molecule has 0 spiro atoms. The third-order valence-electron chi connectivity index (χ3n) is 2.32. The van der Waals surface area contributed by atoms with Crippen molar-refractivity contribution in [1.29, 1.82) is 0 Å². The van der Waals surface area contributed by atoms with E-state index in [0.29, 0.717) is 0 Å². The van der Waals surface area contributed by atoms with Crippen LogP contribution in [0, 0.1) is 3.57 Å². The highest BCUT2D eigenvalue weighted by Crippen LogP contribution is 2.24. The molecule has 3 N–H and O–H groups in total. The average molecular weight is 402 g/mol. The number of rotatable bonds is 4. The lowest BCUT2D eigenvalue weighted by Crippen LogP contribution is -2.08. The van der Waals surface area contributed by atoms with Gasteiger partial charge in [0.15, 0.2) is 0 Å². The maximum Gasteiger partial charge on any atom is 0.248 e. The predicted molar refractivity (Wildman–Crippen MR) is 87.2 cm³/mol. The van der Waals surface area contributed by atoms with Gasteiger partial charge in [0.2, 0.25) is 5.91 Å². The number of halogens is 1. The summed E-state index contributed by atoms with van der Waals surface area (Å²) in [5.41, 5.74) is 0.726. The summed E-state index contributed by atoms with van der Waals surface area (Å²) in [7, 11) is 0. The molecule has 0 bridgehead atoms. The summed E-state index contributed by atoms with van der Waals surface area (Å²) in [4.78, 5) is 12.4. The Hall–Kier alpha value is -1.42. The number of hydrogen-bond donors (Lipinski definition) is 3.